The van der Waals surface area contributed by atoms with Crippen LogP contribution in [0.25, 0.3) is 10.8 Å². The SMILES string of the molecule is Cl.O=C(Cc1cccc2ccccc12)NCC(=O)N[C@H]1CCCNC1. The van der Waals surface area contributed by atoms with Gasteiger partial charge in [0.1, 0.15) is 0 Å². The van der Waals surface area contributed by atoms with Crippen LogP contribution in [-0.2, 0) is 16.0 Å². The molecule has 1 aliphatic heterocycles. The van der Waals surface area contributed by atoms with E-state index >= 15 is 0 Å². The molecule has 6 heteroatoms. The Morgan fingerprint density at radius 3 is 2.68 bits per heavy atom. The van der Waals surface area contributed by atoms with Gasteiger partial charge in [-0.25, -0.2) is 0 Å². The largest absolute Gasteiger partial charge is 0.351 e. The maximum atomic E-state index is 12.1. The monoisotopic (exact) mass is 361 g/mol. The average molecular weight is 362 g/mol. The highest BCUT2D eigenvalue weighted by Crippen LogP contribution is 2.18. The van der Waals surface area contributed by atoms with Crippen LogP contribution in [0.5, 0.6) is 0 Å². The zero-order valence-corrected chi connectivity index (χ0v) is 14.9. The van der Waals surface area contributed by atoms with Gasteiger partial charge in [0.25, 0.3) is 0 Å². The third-order valence-corrected chi connectivity index (χ3v) is 4.34. The molecule has 2 aromatic rings. The van der Waals surface area contributed by atoms with Crippen LogP contribution in [0.1, 0.15) is 18.4 Å². The van der Waals surface area contributed by atoms with Crippen LogP contribution in [0.2, 0.25) is 0 Å². The van der Waals surface area contributed by atoms with Gasteiger partial charge in [-0.2, -0.15) is 0 Å². The quantitative estimate of drug-likeness (QED) is 0.760. The second-order valence-corrected chi connectivity index (χ2v) is 6.20. The first-order chi connectivity index (χ1) is 11.7. The summed E-state index contributed by atoms with van der Waals surface area (Å²) >= 11 is 0. The van der Waals surface area contributed by atoms with E-state index in [4.69, 9.17) is 0 Å². The van der Waals surface area contributed by atoms with E-state index < -0.39 is 0 Å². The van der Waals surface area contributed by atoms with Crippen molar-refractivity contribution in [3.05, 3.63) is 48.0 Å². The molecule has 3 rings (SSSR count). The van der Waals surface area contributed by atoms with E-state index in [1.807, 2.05) is 42.5 Å². The van der Waals surface area contributed by atoms with Crippen molar-refractivity contribution in [1.82, 2.24) is 16.0 Å². The van der Waals surface area contributed by atoms with Gasteiger partial charge in [-0.1, -0.05) is 42.5 Å². The number of carbonyl (C=O) groups excluding carboxylic acids is 2. The molecule has 1 atom stereocenters. The number of nitrogens with one attached hydrogen (secondary N) is 3. The topological polar surface area (TPSA) is 70.2 Å². The van der Waals surface area contributed by atoms with Gasteiger partial charge in [-0.05, 0) is 35.7 Å². The molecular formula is C19H24ClN3O2. The first-order valence-electron chi connectivity index (χ1n) is 8.46. The molecule has 25 heavy (non-hydrogen) atoms. The second-order valence-electron chi connectivity index (χ2n) is 6.20. The molecule has 0 bridgehead atoms. The molecule has 1 aliphatic rings. The smallest absolute Gasteiger partial charge is 0.239 e. The van der Waals surface area contributed by atoms with Gasteiger partial charge in [0.2, 0.25) is 11.8 Å². The first-order valence-corrected chi connectivity index (χ1v) is 8.46. The molecule has 1 fully saturated rings. The molecule has 3 N–H and O–H groups in total. The van der Waals surface area contributed by atoms with Crippen molar-refractivity contribution in [3.63, 3.8) is 0 Å². The van der Waals surface area contributed by atoms with Gasteiger partial charge in [-0.3, -0.25) is 9.59 Å². The molecule has 0 radical (unpaired) electrons. The molecule has 0 saturated carbocycles. The molecule has 0 unspecified atom stereocenters. The predicted molar refractivity (Wildman–Crippen MR) is 102 cm³/mol. The predicted octanol–water partition coefficient (Wildman–Crippen LogP) is 1.79. The van der Waals surface area contributed by atoms with Crippen molar-refractivity contribution in [2.75, 3.05) is 19.6 Å². The Bertz CT molecular complexity index is 724. The van der Waals surface area contributed by atoms with Gasteiger partial charge in [-0.15, -0.1) is 12.4 Å². The number of carbonyl (C=O) groups is 2. The molecule has 0 aliphatic carbocycles. The highest BCUT2D eigenvalue weighted by molar-refractivity contribution is 5.91. The van der Waals surface area contributed by atoms with Crippen molar-refractivity contribution in [2.45, 2.75) is 25.3 Å². The lowest BCUT2D eigenvalue weighted by molar-refractivity contribution is -0.126. The van der Waals surface area contributed by atoms with E-state index in [9.17, 15) is 9.59 Å². The third kappa shape index (κ3) is 5.44. The van der Waals surface area contributed by atoms with E-state index in [-0.39, 0.29) is 43.2 Å². The lowest BCUT2D eigenvalue weighted by Crippen LogP contribution is -2.48. The van der Waals surface area contributed by atoms with E-state index in [0.717, 1.165) is 42.3 Å². The number of halogens is 1. The summed E-state index contributed by atoms with van der Waals surface area (Å²) < 4.78 is 0. The van der Waals surface area contributed by atoms with Crippen molar-refractivity contribution in [3.8, 4) is 0 Å². The van der Waals surface area contributed by atoms with Crippen LogP contribution in [0.3, 0.4) is 0 Å². The first kappa shape index (κ1) is 19.2. The van der Waals surface area contributed by atoms with Gasteiger partial charge >= 0.3 is 0 Å². The Balaban J connectivity index is 0.00000225. The Labute approximate surface area is 154 Å². The highest BCUT2D eigenvalue weighted by atomic mass is 35.5. The Morgan fingerprint density at radius 2 is 1.88 bits per heavy atom. The summed E-state index contributed by atoms with van der Waals surface area (Å²) in [5.74, 6) is -0.266. The number of hydrogen-bond donors (Lipinski definition) is 3. The maximum absolute atomic E-state index is 12.1. The van der Waals surface area contributed by atoms with Crippen molar-refractivity contribution in [2.24, 2.45) is 0 Å². The second kappa shape index (κ2) is 9.39. The fraction of sp³-hybridized carbons (Fsp3) is 0.368. The summed E-state index contributed by atoms with van der Waals surface area (Å²) in [6, 6.07) is 14.1. The van der Waals surface area contributed by atoms with Crippen molar-refractivity contribution < 1.29 is 9.59 Å². The zero-order valence-electron chi connectivity index (χ0n) is 14.1. The van der Waals surface area contributed by atoms with Crippen molar-refractivity contribution in [1.29, 1.82) is 0 Å². The highest BCUT2D eigenvalue weighted by Gasteiger charge is 2.15. The zero-order chi connectivity index (χ0) is 16.8. The van der Waals surface area contributed by atoms with E-state index in [2.05, 4.69) is 16.0 Å². The molecule has 134 valence electrons. The van der Waals surface area contributed by atoms with Crippen LogP contribution < -0.4 is 16.0 Å². The van der Waals surface area contributed by atoms with Crippen LogP contribution in [0.15, 0.2) is 42.5 Å². The van der Waals surface area contributed by atoms with Gasteiger partial charge in [0, 0.05) is 12.6 Å². The van der Waals surface area contributed by atoms with E-state index in [1.54, 1.807) is 0 Å². The summed E-state index contributed by atoms with van der Waals surface area (Å²) in [5, 5.41) is 11.1. The minimum Gasteiger partial charge on any atom is -0.351 e. The van der Waals surface area contributed by atoms with E-state index in [0.29, 0.717) is 0 Å². The van der Waals surface area contributed by atoms with Crippen LogP contribution in [0.4, 0.5) is 0 Å². The van der Waals surface area contributed by atoms with Crippen LogP contribution in [0, 0.1) is 0 Å². The van der Waals surface area contributed by atoms with Gasteiger partial charge in [0.15, 0.2) is 0 Å². The summed E-state index contributed by atoms with van der Waals surface area (Å²) in [7, 11) is 0. The molecule has 1 saturated heterocycles. The normalized spacial score (nSPS) is 16.7. The minimum absolute atomic E-state index is 0. The third-order valence-electron chi connectivity index (χ3n) is 4.34. The number of piperidine rings is 1. The molecule has 5 nitrogen and oxygen atoms in total. The summed E-state index contributed by atoms with van der Waals surface area (Å²) in [4.78, 5) is 24.1. The summed E-state index contributed by atoms with van der Waals surface area (Å²) in [6.07, 6.45) is 2.33. The molecule has 0 spiro atoms. The lowest BCUT2D eigenvalue weighted by atomic mass is 10.0. The number of rotatable bonds is 5. The lowest BCUT2D eigenvalue weighted by Gasteiger charge is -2.23. The Kier molecular flexibility index (Phi) is 7.22. The minimum atomic E-state index is -0.136. The van der Waals surface area contributed by atoms with Gasteiger partial charge in [0.05, 0.1) is 13.0 Å². The molecule has 2 amide bonds. The van der Waals surface area contributed by atoms with Crippen LogP contribution in [-0.4, -0.2) is 37.5 Å². The molecular weight excluding hydrogens is 338 g/mol. The number of benzene rings is 2. The Hall–Kier alpha value is -2.11. The standard InChI is InChI=1S/C19H23N3O2.ClH/c23-18(21-13-19(24)22-16-8-4-10-20-12-16)11-15-7-3-6-14-5-1-2-9-17(14)15;/h1-3,5-7,9,16,20H,4,8,10-13H2,(H,21,23)(H,22,24);1H/t16-;/m0./s1. The number of fused-ring (bicyclic) bond motifs is 1. The van der Waals surface area contributed by atoms with E-state index in [1.165, 1.54) is 0 Å². The average Bonchev–Trinajstić information content (AvgIpc) is 2.61. The fourth-order valence-electron chi connectivity index (χ4n) is 3.11. The summed E-state index contributed by atoms with van der Waals surface area (Å²) in [6.45, 7) is 1.84. The fourth-order valence-corrected chi connectivity index (χ4v) is 3.11. The Morgan fingerprint density at radius 1 is 1.08 bits per heavy atom. The molecule has 1 heterocycles. The molecule has 2 aromatic carbocycles. The molecule has 0 aromatic heterocycles. The number of hydrogen-bond acceptors (Lipinski definition) is 3. The van der Waals surface area contributed by atoms with Crippen molar-refractivity contribution >= 4 is 35.0 Å². The van der Waals surface area contributed by atoms with Gasteiger partial charge < -0.3 is 16.0 Å². The maximum Gasteiger partial charge on any atom is 0.239 e. The van der Waals surface area contributed by atoms with Crippen LogP contribution >= 0.6 is 12.4 Å². The number of amides is 2. The summed E-state index contributed by atoms with van der Waals surface area (Å²) in [5.41, 5.74) is 0.975.